The summed E-state index contributed by atoms with van der Waals surface area (Å²) in [6.07, 6.45) is 4.55. The summed E-state index contributed by atoms with van der Waals surface area (Å²) in [6, 6.07) is 5.59. The summed E-state index contributed by atoms with van der Waals surface area (Å²) in [7, 11) is 0. The highest BCUT2D eigenvalue weighted by Crippen LogP contribution is 2.17. The van der Waals surface area contributed by atoms with Crippen LogP contribution in [0.25, 0.3) is 0 Å². The summed E-state index contributed by atoms with van der Waals surface area (Å²) >= 11 is 0. The number of pyridine rings is 1. The summed E-state index contributed by atoms with van der Waals surface area (Å²) in [5.74, 6) is 0.385. The third-order valence-corrected chi connectivity index (χ3v) is 3.23. The van der Waals surface area contributed by atoms with E-state index in [-0.39, 0.29) is 6.54 Å². The van der Waals surface area contributed by atoms with Crippen molar-refractivity contribution in [1.29, 1.82) is 0 Å². The quantitative estimate of drug-likeness (QED) is 0.800. The van der Waals surface area contributed by atoms with Crippen LogP contribution in [0.1, 0.15) is 11.5 Å². The van der Waals surface area contributed by atoms with E-state index in [4.69, 9.17) is 4.74 Å². The number of halogens is 1. The van der Waals surface area contributed by atoms with E-state index in [0.717, 1.165) is 5.69 Å². The Labute approximate surface area is 127 Å². The van der Waals surface area contributed by atoms with Crippen LogP contribution in [0.3, 0.4) is 0 Å². The number of nitrogens with zero attached hydrogens (tertiary/aromatic N) is 5. The van der Waals surface area contributed by atoms with Gasteiger partial charge in [-0.05, 0) is 12.1 Å². The molecule has 0 radical (unpaired) electrons. The number of anilines is 1. The Morgan fingerprint density at radius 1 is 1.27 bits per heavy atom. The van der Waals surface area contributed by atoms with E-state index in [1.54, 1.807) is 12.4 Å². The highest BCUT2D eigenvalue weighted by atomic mass is 19.1. The molecule has 7 heteroatoms. The summed E-state index contributed by atoms with van der Waals surface area (Å²) in [5.41, 5.74) is 0.762. The molecule has 1 fully saturated rings. The minimum absolute atomic E-state index is 0.286. The molecule has 0 unspecified atom stereocenters. The minimum Gasteiger partial charge on any atom is -0.378 e. The van der Waals surface area contributed by atoms with Gasteiger partial charge in [0.05, 0.1) is 31.6 Å². The zero-order valence-corrected chi connectivity index (χ0v) is 12.0. The molecule has 0 spiro atoms. The Bertz CT molecular complexity index is 644. The van der Waals surface area contributed by atoms with Gasteiger partial charge in [-0.15, -0.1) is 0 Å². The third-order valence-electron chi connectivity index (χ3n) is 3.23. The zero-order chi connectivity index (χ0) is 15.2. The molecule has 1 saturated heterocycles. The Kier molecular flexibility index (Phi) is 4.65. The van der Waals surface area contributed by atoms with Crippen LogP contribution >= 0.6 is 0 Å². The summed E-state index contributed by atoms with van der Waals surface area (Å²) in [6.45, 7) is 2.70. The molecule has 0 aliphatic carbocycles. The van der Waals surface area contributed by atoms with E-state index in [2.05, 4.69) is 19.9 Å². The number of hydrogen-bond acceptors (Lipinski definition) is 6. The topological polar surface area (TPSA) is 63.5 Å². The molecule has 2 aromatic heterocycles. The molecule has 0 atom stereocenters. The molecule has 1 aliphatic rings. The first-order valence-electron chi connectivity index (χ1n) is 7.08. The number of morpholine rings is 1. The van der Waals surface area contributed by atoms with Crippen molar-refractivity contribution < 1.29 is 9.13 Å². The van der Waals surface area contributed by atoms with E-state index in [9.17, 15) is 4.39 Å². The predicted molar refractivity (Wildman–Crippen MR) is 80.6 cm³/mol. The van der Waals surface area contributed by atoms with Gasteiger partial charge < -0.3 is 9.64 Å². The van der Waals surface area contributed by atoms with Gasteiger partial charge in [0.2, 0.25) is 0 Å². The maximum Gasteiger partial charge on any atom is 0.183 e. The van der Waals surface area contributed by atoms with Crippen LogP contribution in [0.5, 0.6) is 0 Å². The van der Waals surface area contributed by atoms with Gasteiger partial charge in [0, 0.05) is 25.5 Å². The summed E-state index contributed by atoms with van der Waals surface area (Å²) < 4.78 is 19.2. The van der Waals surface area contributed by atoms with Crippen molar-refractivity contribution in [3.63, 3.8) is 0 Å². The normalized spacial score (nSPS) is 15.4. The molecule has 0 N–H and O–H groups in total. The monoisotopic (exact) mass is 301 g/mol. The molecule has 2 aromatic rings. The number of ether oxygens (including phenoxy) is 1. The van der Waals surface area contributed by atoms with Crippen molar-refractivity contribution >= 4 is 12.0 Å². The second kappa shape index (κ2) is 7.04. The third kappa shape index (κ3) is 3.62. The molecular weight excluding hydrogens is 285 g/mol. The van der Waals surface area contributed by atoms with E-state index in [0.29, 0.717) is 37.9 Å². The van der Waals surface area contributed by atoms with Crippen LogP contribution in [-0.4, -0.2) is 47.5 Å². The highest BCUT2D eigenvalue weighted by Gasteiger charge is 2.17. The largest absolute Gasteiger partial charge is 0.378 e. The van der Waals surface area contributed by atoms with Gasteiger partial charge in [-0.3, -0.25) is 9.98 Å². The Morgan fingerprint density at radius 3 is 2.91 bits per heavy atom. The van der Waals surface area contributed by atoms with Gasteiger partial charge in [0.1, 0.15) is 0 Å². The minimum atomic E-state index is -0.417. The smallest absolute Gasteiger partial charge is 0.183 e. The van der Waals surface area contributed by atoms with Crippen LogP contribution < -0.4 is 4.90 Å². The summed E-state index contributed by atoms with van der Waals surface area (Å²) in [5, 5.41) is 0. The van der Waals surface area contributed by atoms with Gasteiger partial charge in [-0.2, -0.15) is 0 Å². The van der Waals surface area contributed by atoms with Gasteiger partial charge >= 0.3 is 0 Å². The van der Waals surface area contributed by atoms with Gasteiger partial charge in [-0.1, -0.05) is 6.07 Å². The molecule has 0 bridgehead atoms. The molecular formula is C15H16FN5O. The predicted octanol–water partition coefficient (Wildman–Crippen LogP) is 1.47. The molecule has 114 valence electrons. The van der Waals surface area contributed by atoms with E-state index in [1.165, 1.54) is 6.20 Å². The number of aliphatic imine (C=N–C) groups is 1. The van der Waals surface area contributed by atoms with E-state index < -0.39 is 5.82 Å². The second-order valence-electron chi connectivity index (χ2n) is 4.78. The van der Waals surface area contributed by atoms with Gasteiger partial charge in [0.15, 0.2) is 17.5 Å². The van der Waals surface area contributed by atoms with Crippen molar-refractivity contribution in [2.45, 2.75) is 6.54 Å². The number of aromatic nitrogens is 3. The lowest BCUT2D eigenvalue weighted by Crippen LogP contribution is -2.37. The van der Waals surface area contributed by atoms with Crippen LogP contribution in [0.15, 0.2) is 35.6 Å². The molecule has 3 heterocycles. The first-order chi connectivity index (χ1) is 10.8. The fraction of sp³-hybridized carbons (Fsp3) is 0.333. The Morgan fingerprint density at radius 2 is 2.14 bits per heavy atom. The summed E-state index contributed by atoms with van der Waals surface area (Å²) in [4.78, 5) is 18.5. The van der Waals surface area contributed by atoms with Crippen LogP contribution in [0.4, 0.5) is 10.2 Å². The molecule has 6 nitrogen and oxygen atoms in total. The lowest BCUT2D eigenvalue weighted by molar-refractivity contribution is 0.122. The fourth-order valence-corrected chi connectivity index (χ4v) is 2.14. The van der Waals surface area contributed by atoms with Crippen molar-refractivity contribution in [2.75, 3.05) is 31.2 Å². The fourth-order valence-electron chi connectivity index (χ4n) is 2.14. The standard InChI is InChI=1S/C15H16FN5O/c16-13-10-19-14(11-17-9-12-3-1-2-4-18-12)20-15(13)21-5-7-22-8-6-21/h1-4,9-10H,5-8,11H2. The van der Waals surface area contributed by atoms with Crippen LogP contribution in [0, 0.1) is 5.82 Å². The molecule has 22 heavy (non-hydrogen) atoms. The van der Waals surface area contributed by atoms with E-state index >= 15 is 0 Å². The van der Waals surface area contributed by atoms with Crippen LogP contribution in [-0.2, 0) is 11.3 Å². The first-order valence-corrected chi connectivity index (χ1v) is 7.08. The lowest BCUT2D eigenvalue weighted by atomic mass is 10.4. The number of hydrogen-bond donors (Lipinski definition) is 0. The Balaban J connectivity index is 1.70. The highest BCUT2D eigenvalue weighted by molar-refractivity contribution is 5.76. The van der Waals surface area contributed by atoms with E-state index in [1.807, 2.05) is 23.1 Å². The lowest BCUT2D eigenvalue weighted by Gasteiger charge is -2.28. The zero-order valence-electron chi connectivity index (χ0n) is 12.0. The SMILES string of the molecule is Fc1cnc(CN=Cc2ccccn2)nc1N1CCOCC1. The van der Waals surface area contributed by atoms with Crippen LogP contribution in [0.2, 0.25) is 0 Å². The second-order valence-corrected chi connectivity index (χ2v) is 4.78. The van der Waals surface area contributed by atoms with Crippen molar-refractivity contribution in [2.24, 2.45) is 4.99 Å². The molecule has 0 amide bonds. The first kappa shape index (κ1) is 14.5. The van der Waals surface area contributed by atoms with Crippen molar-refractivity contribution in [3.05, 3.63) is 47.9 Å². The maximum absolute atomic E-state index is 13.9. The molecule has 1 aliphatic heterocycles. The van der Waals surface area contributed by atoms with Gasteiger partial charge in [-0.25, -0.2) is 14.4 Å². The molecule has 3 rings (SSSR count). The Hall–Kier alpha value is -2.41. The number of rotatable bonds is 4. The maximum atomic E-state index is 13.9. The molecule has 0 aromatic carbocycles. The van der Waals surface area contributed by atoms with Gasteiger partial charge in [0.25, 0.3) is 0 Å². The van der Waals surface area contributed by atoms with Crippen molar-refractivity contribution in [3.8, 4) is 0 Å². The molecule has 0 saturated carbocycles. The average molecular weight is 301 g/mol. The van der Waals surface area contributed by atoms with Crippen molar-refractivity contribution in [1.82, 2.24) is 15.0 Å². The average Bonchev–Trinajstić information content (AvgIpc) is 2.58.